The number of carbonyl (C=O) groups is 1. The van der Waals surface area contributed by atoms with Crippen molar-refractivity contribution in [3.63, 3.8) is 0 Å². The van der Waals surface area contributed by atoms with Crippen LogP contribution in [0.4, 0.5) is 50.9 Å². The van der Waals surface area contributed by atoms with E-state index in [1.807, 2.05) is 0 Å². The normalized spacial score (nSPS) is 21.8. The van der Waals surface area contributed by atoms with Gasteiger partial charge in [0.1, 0.15) is 22.4 Å². The highest BCUT2D eigenvalue weighted by molar-refractivity contribution is 8.08. The first-order valence-corrected chi connectivity index (χ1v) is 13.2. The smallest absolute Gasteiger partial charge is 0.453 e. The molecule has 41 heavy (non-hydrogen) atoms. The van der Waals surface area contributed by atoms with E-state index in [9.17, 15) is 44.3 Å². The molecule has 1 spiro atoms. The molecule has 16 heteroatoms. The summed E-state index contributed by atoms with van der Waals surface area (Å²) in [6.07, 6.45) is -10.4. The summed E-state index contributed by atoms with van der Waals surface area (Å²) in [6.45, 7) is -0.595. The van der Waals surface area contributed by atoms with Crippen LogP contribution in [0.1, 0.15) is 43.4 Å². The molecule has 0 N–H and O–H groups in total. The standard InChI is InChI=1S/C25H19F9N4O2S/c26-16-10-13(3-4-18(16)40-8-2-7-23(27,28)25(32,33)34)38-20-19(41-20)37(21(39)22(38)5-1-6-22)14-9-15(24(29,30)31)17(11-35)36-12-14/h3-4,9-10,12,19-20H,1-2,5-8H2. The Kier molecular flexibility index (Phi) is 7.03. The van der Waals surface area contributed by atoms with Crippen LogP contribution in [0.5, 0.6) is 5.75 Å². The van der Waals surface area contributed by atoms with Gasteiger partial charge in [-0.15, -0.1) is 11.8 Å². The Hall–Kier alpha value is -3.35. The summed E-state index contributed by atoms with van der Waals surface area (Å²) >= 11 is 1.26. The predicted molar refractivity (Wildman–Crippen MR) is 128 cm³/mol. The van der Waals surface area contributed by atoms with Crippen molar-refractivity contribution in [1.29, 1.82) is 5.26 Å². The van der Waals surface area contributed by atoms with Crippen molar-refractivity contribution >= 4 is 29.0 Å². The lowest BCUT2D eigenvalue weighted by molar-refractivity contribution is -0.284. The molecule has 2 aromatic rings. The first-order chi connectivity index (χ1) is 19.1. The van der Waals surface area contributed by atoms with E-state index in [-0.39, 0.29) is 17.1 Å². The molecule has 3 aliphatic rings. The van der Waals surface area contributed by atoms with Gasteiger partial charge in [-0.3, -0.25) is 9.69 Å². The van der Waals surface area contributed by atoms with Crippen LogP contribution in [-0.2, 0) is 11.0 Å². The van der Waals surface area contributed by atoms with Crippen LogP contribution in [0, 0.1) is 17.1 Å². The Morgan fingerprint density at radius 2 is 1.78 bits per heavy atom. The van der Waals surface area contributed by atoms with Gasteiger partial charge in [-0.25, -0.2) is 9.37 Å². The number of rotatable bonds is 7. The Labute approximate surface area is 231 Å². The molecule has 220 valence electrons. The monoisotopic (exact) mass is 610 g/mol. The summed E-state index contributed by atoms with van der Waals surface area (Å²) in [5.41, 5.74) is -3.09. The quantitative estimate of drug-likeness (QED) is 0.199. The molecular formula is C25H19F9N4O2S. The van der Waals surface area contributed by atoms with Gasteiger partial charge in [0, 0.05) is 18.2 Å². The minimum atomic E-state index is -5.70. The Morgan fingerprint density at radius 3 is 2.34 bits per heavy atom. The van der Waals surface area contributed by atoms with Gasteiger partial charge in [-0.1, -0.05) is 0 Å². The van der Waals surface area contributed by atoms with Crippen LogP contribution >= 0.6 is 11.8 Å². The summed E-state index contributed by atoms with van der Waals surface area (Å²) in [5, 5.41) is 7.99. The lowest BCUT2D eigenvalue weighted by Crippen LogP contribution is -2.69. The molecule has 6 nitrogen and oxygen atoms in total. The predicted octanol–water partition coefficient (Wildman–Crippen LogP) is 6.64. The zero-order valence-electron chi connectivity index (χ0n) is 20.7. The first-order valence-electron chi connectivity index (χ1n) is 12.2. The van der Waals surface area contributed by atoms with Crippen LogP contribution in [0.15, 0.2) is 30.5 Å². The zero-order valence-corrected chi connectivity index (χ0v) is 21.5. The molecule has 0 radical (unpaired) electrons. The van der Waals surface area contributed by atoms with Crippen molar-refractivity contribution in [2.45, 2.75) is 66.7 Å². The second kappa shape index (κ2) is 9.88. The molecule has 1 aliphatic carbocycles. The first kappa shape index (κ1) is 29.2. The fourth-order valence-electron chi connectivity index (χ4n) is 5.05. The Bertz CT molecular complexity index is 1400. The van der Waals surface area contributed by atoms with Gasteiger partial charge in [-0.2, -0.15) is 40.4 Å². The number of alkyl halides is 8. The van der Waals surface area contributed by atoms with Gasteiger partial charge in [0.15, 0.2) is 17.3 Å². The van der Waals surface area contributed by atoms with E-state index in [2.05, 4.69) is 4.98 Å². The number of piperazine rings is 1. The minimum absolute atomic E-state index is 0.113. The topological polar surface area (TPSA) is 69.5 Å². The van der Waals surface area contributed by atoms with E-state index in [1.165, 1.54) is 34.9 Å². The second-order valence-corrected chi connectivity index (χ2v) is 11.1. The molecule has 1 saturated carbocycles. The minimum Gasteiger partial charge on any atom is -0.491 e. The van der Waals surface area contributed by atoms with Crippen LogP contribution in [0.25, 0.3) is 0 Å². The molecule has 3 fully saturated rings. The summed E-state index contributed by atoms with van der Waals surface area (Å²) in [4.78, 5) is 20.3. The maximum Gasteiger partial charge on any atom is 0.453 e. The highest BCUT2D eigenvalue weighted by atomic mass is 32.2. The SMILES string of the molecule is N#Cc1ncc(N2C(=O)C3(CCC3)N(c3ccc(OCCCC(F)(F)C(F)(F)F)c(F)c3)C3SC32)cc1C(F)(F)F. The van der Waals surface area contributed by atoms with Crippen molar-refractivity contribution in [2.75, 3.05) is 16.4 Å². The number of ether oxygens (including phenoxy) is 1. The van der Waals surface area contributed by atoms with Crippen molar-refractivity contribution in [1.82, 2.24) is 4.98 Å². The van der Waals surface area contributed by atoms with Gasteiger partial charge in [0.2, 0.25) is 0 Å². The molecule has 5 rings (SSSR count). The molecule has 2 saturated heterocycles. The highest BCUT2D eigenvalue weighted by Gasteiger charge is 2.66. The number of halogens is 9. The third kappa shape index (κ3) is 5.02. The lowest BCUT2D eigenvalue weighted by Gasteiger charge is -2.54. The Balaban J connectivity index is 1.35. The number of amides is 1. The number of benzene rings is 1. The van der Waals surface area contributed by atoms with E-state index >= 15 is 0 Å². The number of hydrogen-bond donors (Lipinski definition) is 0. The van der Waals surface area contributed by atoms with E-state index < -0.39 is 77.0 Å². The van der Waals surface area contributed by atoms with Crippen LogP contribution in [0.3, 0.4) is 0 Å². The van der Waals surface area contributed by atoms with Crippen LogP contribution < -0.4 is 14.5 Å². The Morgan fingerprint density at radius 1 is 1.07 bits per heavy atom. The summed E-state index contributed by atoms with van der Waals surface area (Å²) in [5.74, 6) is -6.70. The molecule has 3 heterocycles. The number of thioether (sulfide) groups is 1. The van der Waals surface area contributed by atoms with E-state index in [0.29, 0.717) is 19.3 Å². The maximum atomic E-state index is 14.9. The third-order valence-corrected chi connectivity index (χ3v) is 8.46. The summed E-state index contributed by atoms with van der Waals surface area (Å²) in [7, 11) is 0. The second-order valence-electron chi connectivity index (χ2n) is 9.82. The van der Waals surface area contributed by atoms with Gasteiger partial charge < -0.3 is 9.64 Å². The van der Waals surface area contributed by atoms with Crippen molar-refractivity contribution in [2.24, 2.45) is 0 Å². The number of nitrogens with zero attached hydrogens (tertiary/aromatic N) is 4. The van der Waals surface area contributed by atoms with E-state index in [1.54, 1.807) is 4.90 Å². The number of carbonyl (C=O) groups excluding carboxylic acids is 1. The highest BCUT2D eigenvalue weighted by Crippen LogP contribution is 2.60. The van der Waals surface area contributed by atoms with Gasteiger partial charge in [-0.05, 0) is 43.9 Å². The molecule has 0 bridgehead atoms. The summed E-state index contributed by atoms with van der Waals surface area (Å²) in [6, 6.07) is 5.78. The van der Waals surface area contributed by atoms with E-state index in [0.717, 1.165) is 18.3 Å². The average Bonchev–Trinajstić information content (AvgIpc) is 3.64. The number of nitriles is 1. The van der Waals surface area contributed by atoms with Gasteiger partial charge in [0.05, 0.1) is 24.1 Å². The number of anilines is 2. The average molecular weight is 611 g/mol. The zero-order chi connectivity index (χ0) is 30.0. The van der Waals surface area contributed by atoms with Crippen molar-refractivity contribution in [3.8, 4) is 11.8 Å². The number of hydrogen-bond acceptors (Lipinski definition) is 6. The number of fused-ring (bicyclic) bond motifs is 1. The number of pyridine rings is 1. The van der Waals surface area contributed by atoms with Crippen LogP contribution in [0.2, 0.25) is 0 Å². The van der Waals surface area contributed by atoms with Crippen molar-refractivity contribution in [3.05, 3.63) is 47.5 Å². The molecule has 2 aliphatic heterocycles. The fourth-order valence-corrected chi connectivity index (χ4v) is 6.27. The van der Waals surface area contributed by atoms with Crippen LogP contribution in [-0.4, -0.2) is 45.9 Å². The third-order valence-electron chi connectivity index (χ3n) is 7.28. The summed E-state index contributed by atoms with van der Waals surface area (Å²) < 4.78 is 124. The van der Waals surface area contributed by atoms with Gasteiger partial charge in [0.25, 0.3) is 5.91 Å². The molecule has 1 amide bonds. The molecule has 1 aromatic carbocycles. The largest absolute Gasteiger partial charge is 0.491 e. The fraction of sp³-hybridized carbons (Fsp3) is 0.480. The molecular weight excluding hydrogens is 591 g/mol. The molecule has 2 atom stereocenters. The van der Waals surface area contributed by atoms with Crippen molar-refractivity contribution < 1.29 is 49.0 Å². The molecule has 2 unspecified atom stereocenters. The van der Waals surface area contributed by atoms with Gasteiger partial charge >= 0.3 is 18.3 Å². The van der Waals surface area contributed by atoms with E-state index in [4.69, 9.17) is 10.00 Å². The molecule has 1 aromatic heterocycles. The lowest BCUT2D eigenvalue weighted by atomic mass is 9.72. The maximum absolute atomic E-state index is 14.9. The number of aromatic nitrogens is 1.